The van der Waals surface area contributed by atoms with Crippen LogP contribution in [0.4, 0.5) is 5.69 Å². The topological polar surface area (TPSA) is 78.9 Å². The minimum absolute atomic E-state index is 0.0105. The number of rotatable bonds is 5. The zero-order valence-electron chi connectivity index (χ0n) is 18.5. The van der Waals surface area contributed by atoms with Gasteiger partial charge < -0.3 is 20.1 Å². The Labute approximate surface area is 193 Å². The lowest BCUT2D eigenvalue weighted by atomic mass is 9.79. The fourth-order valence-electron chi connectivity index (χ4n) is 5.11. The second kappa shape index (κ2) is 9.14. The number of nitrogens with one attached hydrogen (secondary N) is 1. The summed E-state index contributed by atoms with van der Waals surface area (Å²) in [6.45, 7) is 1.51. The van der Waals surface area contributed by atoms with Gasteiger partial charge in [-0.1, -0.05) is 49.2 Å². The highest BCUT2D eigenvalue weighted by Crippen LogP contribution is 2.34. The van der Waals surface area contributed by atoms with E-state index in [2.05, 4.69) is 28.4 Å². The second-order valence-corrected chi connectivity index (χ2v) is 8.98. The van der Waals surface area contributed by atoms with Crippen LogP contribution in [0.15, 0.2) is 60.7 Å². The summed E-state index contributed by atoms with van der Waals surface area (Å²) >= 11 is 0. The third kappa shape index (κ3) is 4.38. The second-order valence-electron chi connectivity index (χ2n) is 8.98. The van der Waals surface area contributed by atoms with Crippen molar-refractivity contribution in [3.8, 4) is 5.75 Å². The van der Waals surface area contributed by atoms with Gasteiger partial charge in [0.25, 0.3) is 5.91 Å². The van der Waals surface area contributed by atoms with Crippen LogP contribution in [0.25, 0.3) is 10.8 Å². The number of carbonyl (C=O) groups excluding carboxylic acids is 1. The zero-order chi connectivity index (χ0) is 22.8. The molecule has 0 saturated heterocycles. The number of anilines is 1. The van der Waals surface area contributed by atoms with Crippen LogP contribution >= 0.6 is 0 Å². The number of hydrogen-bond donors (Lipinski definition) is 2. The molecule has 1 fully saturated rings. The molecule has 6 heteroatoms. The molecule has 33 heavy (non-hydrogen) atoms. The summed E-state index contributed by atoms with van der Waals surface area (Å²) in [6, 6.07) is 19.9. The van der Waals surface area contributed by atoms with Gasteiger partial charge in [0.05, 0.1) is 12.5 Å². The number of fused-ring (bicyclic) bond motifs is 3. The Balaban J connectivity index is 1.30. The number of benzene rings is 3. The molecule has 2 aliphatic rings. The maximum atomic E-state index is 12.9. The predicted octanol–water partition coefficient (Wildman–Crippen LogP) is 4.82. The Kier molecular flexibility index (Phi) is 5.90. The molecule has 1 heterocycles. The molecule has 0 spiro atoms. The molecule has 0 unspecified atom stereocenters. The smallest absolute Gasteiger partial charge is 0.306 e. The van der Waals surface area contributed by atoms with Crippen molar-refractivity contribution >= 4 is 28.3 Å². The number of aliphatic carboxylic acids is 1. The first kappa shape index (κ1) is 21.3. The van der Waals surface area contributed by atoms with Crippen molar-refractivity contribution in [2.45, 2.75) is 32.2 Å². The van der Waals surface area contributed by atoms with Crippen molar-refractivity contribution in [2.75, 3.05) is 18.2 Å². The molecule has 3 aromatic rings. The third-order valence-electron chi connectivity index (χ3n) is 6.95. The molecule has 0 aromatic heterocycles. The average Bonchev–Trinajstić information content (AvgIpc) is 2.87. The van der Waals surface area contributed by atoms with Crippen molar-refractivity contribution in [1.82, 2.24) is 5.32 Å². The lowest BCUT2D eigenvalue weighted by Gasteiger charge is -2.32. The summed E-state index contributed by atoms with van der Waals surface area (Å²) in [7, 11) is 0. The molecule has 170 valence electrons. The number of nitrogens with zero attached hydrogens (tertiary/aromatic N) is 1. The molecule has 2 N–H and O–H groups in total. The van der Waals surface area contributed by atoms with Crippen LogP contribution in [0.3, 0.4) is 0 Å². The summed E-state index contributed by atoms with van der Waals surface area (Å²) < 4.78 is 6.03. The first-order valence-corrected chi connectivity index (χ1v) is 11.6. The number of carboxylic acid groups (broad SMARTS) is 1. The molecular weight excluding hydrogens is 416 g/mol. The lowest BCUT2D eigenvalue weighted by Crippen LogP contribution is -2.37. The lowest BCUT2D eigenvalue weighted by molar-refractivity contribution is -0.144. The highest BCUT2D eigenvalue weighted by atomic mass is 16.5. The Morgan fingerprint density at radius 3 is 2.76 bits per heavy atom. The standard InChI is InChI=1S/C27H28N2O4/c30-26(28-15-20-7-2-4-11-23(20)27(31)32)19-8-5-9-21(14-19)29-16-24-22-10-3-1-6-18(22)12-13-25(24)33-17-29/h1,3,5-6,8-10,12-14,20,23H,2,4,7,11,15-17H2,(H,28,30)(H,31,32)/t20-,23-/m0/s1. The van der Waals surface area contributed by atoms with Gasteiger partial charge in [-0.15, -0.1) is 0 Å². The molecule has 6 nitrogen and oxygen atoms in total. The van der Waals surface area contributed by atoms with Gasteiger partial charge in [0.15, 0.2) is 6.73 Å². The van der Waals surface area contributed by atoms with Crippen LogP contribution in [0.1, 0.15) is 41.6 Å². The van der Waals surface area contributed by atoms with E-state index in [1.165, 1.54) is 10.8 Å². The first-order chi connectivity index (χ1) is 16.1. The van der Waals surface area contributed by atoms with Gasteiger partial charge in [-0.05, 0) is 53.8 Å². The van der Waals surface area contributed by atoms with Gasteiger partial charge in [0.2, 0.25) is 0 Å². The Morgan fingerprint density at radius 1 is 1.03 bits per heavy atom. The van der Waals surface area contributed by atoms with E-state index in [9.17, 15) is 14.7 Å². The molecule has 1 saturated carbocycles. The monoisotopic (exact) mass is 444 g/mol. The summed E-state index contributed by atoms with van der Waals surface area (Å²) in [6.07, 6.45) is 3.50. The van der Waals surface area contributed by atoms with E-state index < -0.39 is 5.97 Å². The van der Waals surface area contributed by atoms with E-state index in [0.29, 0.717) is 31.8 Å². The molecule has 2 atom stereocenters. The van der Waals surface area contributed by atoms with Crippen molar-refractivity contribution in [3.63, 3.8) is 0 Å². The summed E-state index contributed by atoms with van der Waals surface area (Å²) in [5, 5.41) is 14.8. The minimum Gasteiger partial charge on any atom is -0.481 e. The maximum absolute atomic E-state index is 12.9. The van der Waals surface area contributed by atoms with Gasteiger partial charge in [-0.25, -0.2) is 0 Å². The van der Waals surface area contributed by atoms with Gasteiger partial charge in [0.1, 0.15) is 5.75 Å². The Bertz CT molecular complexity index is 1190. The predicted molar refractivity (Wildman–Crippen MR) is 127 cm³/mol. The molecular formula is C27H28N2O4. The van der Waals surface area contributed by atoms with Gasteiger partial charge >= 0.3 is 5.97 Å². The number of carbonyl (C=O) groups is 2. The third-order valence-corrected chi connectivity index (χ3v) is 6.95. The number of ether oxygens (including phenoxy) is 1. The Hall–Kier alpha value is -3.54. The van der Waals surface area contributed by atoms with Crippen LogP contribution in [0, 0.1) is 11.8 Å². The van der Waals surface area contributed by atoms with Gasteiger partial charge in [-0.2, -0.15) is 0 Å². The van der Waals surface area contributed by atoms with Crippen molar-refractivity contribution in [1.29, 1.82) is 0 Å². The van der Waals surface area contributed by atoms with E-state index in [4.69, 9.17) is 4.74 Å². The zero-order valence-corrected chi connectivity index (χ0v) is 18.5. The van der Waals surface area contributed by atoms with E-state index in [-0.39, 0.29) is 17.7 Å². The molecule has 0 radical (unpaired) electrons. The number of carboxylic acids is 1. The molecule has 5 rings (SSSR count). The van der Waals surface area contributed by atoms with Crippen LogP contribution in [-0.2, 0) is 11.3 Å². The number of hydrogen-bond acceptors (Lipinski definition) is 4. The van der Waals surface area contributed by atoms with Crippen molar-refractivity contribution < 1.29 is 19.4 Å². The van der Waals surface area contributed by atoms with Crippen LogP contribution in [-0.4, -0.2) is 30.3 Å². The SMILES string of the molecule is O=C(NC[C@@H]1CCCC[C@@H]1C(=O)O)c1cccc(N2COc3ccc4ccccc4c3C2)c1. The van der Waals surface area contributed by atoms with E-state index >= 15 is 0 Å². The highest BCUT2D eigenvalue weighted by molar-refractivity contribution is 5.95. The van der Waals surface area contributed by atoms with E-state index in [1.807, 2.05) is 36.4 Å². The minimum atomic E-state index is -0.756. The molecule has 1 aliphatic heterocycles. The quantitative estimate of drug-likeness (QED) is 0.590. The van der Waals surface area contributed by atoms with Gasteiger partial charge in [-0.3, -0.25) is 9.59 Å². The largest absolute Gasteiger partial charge is 0.481 e. The van der Waals surface area contributed by atoms with E-state index in [1.54, 1.807) is 6.07 Å². The maximum Gasteiger partial charge on any atom is 0.306 e. The summed E-state index contributed by atoms with van der Waals surface area (Å²) in [4.78, 5) is 26.5. The molecule has 3 aromatic carbocycles. The molecule has 0 bridgehead atoms. The fourth-order valence-corrected chi connectivity index (χ4v) is 5.11. The van der Waals surface area contributed by atoms with Crippen LogP contribution in [0.2, 0.25) is 0 Å². The fraction of sp³-hybridized carbons (Fsp3) is 0.333. The van der Waals surface area contributed by atoms with Crippen molar-refractivity contribution in [2.24, 2.45) is 11.8 Å². The van der Waals surface area contributed by atoms with Gasteiger partial charge in [0, 0.05) is 23.4 Å². The highest BCUT2D eigenvalue weighted by Gasteiger charge is 2.31. The summed E-state index contributed by atoms with van der Waals surface area (Å²) in [5.74, 6) is -0.405. The first-order valence-electron chi connectivity index (χ1n) is 11.6. The van der Waals surface area contributed by atoms with Crippen molar-refractivity contribution in [3.05, 3.63) is 71.8 Å². The normalized spacial score (nSPS) is 20.1. The number of amides is 1. The summed E-state index contributed by atoms with van der Waals surface area (Å²) in [5.41, 5.74) is 2.63. The molecule has 1 aliphatic carbocycles. The Morgan fingerprint density at radius 2 is 1.88 bits per heavy atom. The average molecular weight is 445 g/mol. The van der Waals surface area contributed by atoms with Crippen LogP contribution < -0.4 is 15.0 Å². The van der Waals surface area contributed by atoms with Crippen LogP contribution in [0.5, 0.6) is 5.75 Å². The molecule has 1 amide bonds. The van der Waals surface area contributed by atoms with E-state index in [0.717, 1.165) is 36.3 Å².